The fourth-order valence-corrected chi connectivity index (χ4v) is 6.39. The van der Waals surface area contributed by atoms with Gasteiger partial charge in [-0.3, -0.25) is 4.79 Å². The van der Waals surface area contributed by atoms with E-state index in [1.807, 2.05) is 71.0 Å². The second kappa shape index (κ2) is 14.9. The first-order chi connectivity index (χ1) is 21.3. The molecule has 2 N–H and O–H groups in total. The van der Waals surface area contributed by atoms with Crippen molar-refractivity contribution in [3.8, 4) is 0 Å². The summed E-state index contributed by atoms with van der Waals surface area (Å²) in [5.41, 5.74) is 1.31. The number of rotatable bonds is 14. The van der Waals surface area contributed by atoms with Crippen LogP contribution in [0.4, 0.5) is 4.79 Å². The molecule has 0 aliphatic rings. The predicted molar refractivity (Wildman–Crippen MR) is 190 cm³/mol. The molecule has 3 aromatic rings. The molecule has 0 saturated heterocycles. The van der Waals surface area contributed by atoms with Crippen molar-refractivity contribution in [3.63, 3.8) is 0 Å². The standard InChI is InChI=1S/C38H55N3O4Si/c1-12-38(8,9)33(42)31-26-39-34(40-31)29(23-27-19-15-13-16-20-27)25-32(45-46(10,11)37(5,6)7)30(24-28-21-17-14-18-22-28)41-35(43)44-36(2,3)4/h12-22,26,29-30,32H,1,23-25H2,2-11H3,(H,39,40)(H,41,43)/t29-,30+,32+/m1/s1. The van der Waals surface area contributed by atoms with E-state index in [-0.39, 0.29) is 28.9 Å². The van der Waals surface area contributed by atoms with Gasteiger partial charge in [-0.15, -0.1) is 6.58 Å². The van der Waals surface area contributed by atoms with Gasteiger partial charge in [-0.25, -0.2) is 9.78 Å². The fraction of sp³-hybridized carbons (Fsp3) is 0.500. The molecule has 1 heterocycles. The number of aromatic amines is 1. The van der Waals surface area contributed by atoms with Crippen molar-refractivity contribution < 1.29 is 18.8 Å². The summed E-state index contributed by atoms with van der Waals surface area (Å²) < 4.78 is 13.0. The van der Waals surface area contributed by atoms with Crippen molar-refractivity contribution in [2.24, 2.45) is 5.41 Å². The van der Waals surface area contributed by atoms with Gasteiger partial charge < -0.3 is 19.5 Å². The third kappa shape index (κ3) is 10.5. The van der Waals surface area contributed by atoms with Crippen molar-refractivity contribution in [2.45, 2.75) is 116 Å². The van der Waals surface area contributed by atoms with Gasteiger partial charge >= 0.3 is 6.09 Å². The number of imidazole rings is 1. The van der Waals surface area contributed by atoms with E-state index in [1.165, 1.54) is 0 Å². The van der Waals surface area contributed by atoms with Crippen molar-refractivity contribution in [2.75, 3.05) is 0 Å². The number of alkyl carbamates (subject to hydrolysis) is 1. The Morgan fingerprint density at radius 2 is 1.46 bits per heavy atom. The van der Waals surface area contributed by atoms with Gasteiger partial charge in [0.2, 0.25) is 0 Å². The average molecular weight is 646 g/mol. The number of ketones is 1. The zero-order chi connectivity index (χ0) is 34.3. The number of Topliss-reactive ketones (excluding diaryl/α,β-unsaturated/α-hetero) is 1. The van der Waals surface area contributed by atoms with Gasteiger partial charge in [0, 0.05) is 11.3 Å². The number of allylic oxidation sites excluding steroid dienone is 1. The van der Waals surface area contributed by atoms with Gasteiger partial charge in [0.25, 0.3) is 0 Å². The van der Waals surface area contributed by atoms with E-state index in [0.717, 1.165) is 11.1 Å². The maximum Gasteiger partial charge on any atom is 0.407 e. The lowest BCUT2D eigenvalue weighted by Gasteiger charge is -2.42. The number of carbonyl (C=O) groups excluding carboxylic acids is 2. The van der Waals surface area contributed by atoms with E-state index >= 15 is 0 Å². The second-order valence-electron chi connectivity index (χ2n) is 15.4. The van der Waals surface area contributed by atoms with Gasteiger partial charge in [0.15, 0.2) is 14.1 Å². The van der Waals surface area contributed by atoms with E-state index in [0.29, 0.717) is 30.8 Å². The molecule has 0 fully saturated rings. The number of amides is 1. The van der Waals surface area contributed by atoms with Crippen LogP contribution in [0.3, 0.4) is 0 Å². The first-order valence-electron chi connectivity index (χ1n) is 16.3. The molecule has 1 aromatic heterocycles. The highest BCUT2D eigenvalue weighted by Crippen LogP contribution is 2.39. The van der Waals surface area contributed by atoms with Crippen molar-refractivity contribution in [3.05, 3.63) is 102 Å². The number of carbonyl (C=O) groups is 2. The van der Waals surface area contributed by atoms with Gasteiger partial charge in [-0.05, 0) is 83.1 Å². The minimum Gasteiger partial charge on any atom is -0.444 e. The molecule has 46 heavy (non-hydrogen) atoms. The minimum atomic E-state index is -2.34. The Morgan fingerprint density at radius 3 is 1.96 bits per heavy atom. The monoisotopic (exact) mass is 645 g/mol. The van der Waals surface area contributed by atoms with E-state index in [2.05, 4.69) is 75.0 Å². The lowest BCUT2D eigenvalue weighted by Crippen LogP contribution is -2.53. The van der Waals surface area contributed by atoms with Crippen LogP contribution in [0.2, 0.25) is 18.1 Å². The number of benzene rings is 2. The average Bonchev–Trinajstić information content (AvgIpc) is 3.45. The fourth-order valence-electron chi connectivity index (χ4n) is 5.02. The molecule has 0 aliphatic heterocycles. The SMILES string of the molecule is C=CC(C)(C)C(=O)c1cnc([C@H](Cc2ccccc2)C[C@H](O[Si](C)(C)C(C)(C)C)[C@H](Cc2ccccc2)NC(=O)OC(C)(C)C)[nH]1. The Morgan fingerprint density at radius 1 is 0.913 bits per heavy atom. The summed E-state index contributed by atoms with van der Waals surface area (Å²) in [4.78, 5) is 34.8. The summed E-state index contributed by atoms with van der Waals surface area (Å²) in [6, 6.07) is 20.0. The zero-order valence-corrected chi connectivity index (χ0v) is 30.6. The third-order valence-electron chi connectivity index (χ3n) is 8.87. The van der Waals surface area contributed by atoms with E-state index in [4.69, 9.17) is 14.1 Å². The Balaban J connectivity index is 2.11. The van der Waals surface area contributed by atoms with Crippen LogP contribution in [-0.4, -0.2) is 47.9 Å². The van der Waals surface area contributed by atoms with Crippen LogP contribution in [0.25, 0.3) is 0 Å². The predicted octanol–water partition coefficient (Wildman–Crippen LogP) is 9.05. The van der Waals surface area contributed by atoms with Gasteiger partial charge in [0.05, 0.1) is 18.3 Å². The second-order valence-corrected chi connectivity index (χ2v) is 20.2. The Kier molecular flexibility index (Phi) is 12.0. The molecule has 0 bridgehead atoms. The van der Waals surface area contributed by atoms with Crippen molar-refractivity contribution >= 4 is 20.2 Å². The Bertz CT molecular complexity index is 1440. The topological polar surface area (TPSA) is 93.3 Å². The number of nitrogens with zero attached hydrogens (tertiary/aromatic N) is 1. The molecule has 3 rings (SSSR count). The quantitative estimate of drug-likeness (QED) is 0.104. The molecular weight excluding hydrogens is 591 g/mol. The van der Waals surface area contributed by atoms with Gasteiger partial charge in [-0.1, -0.05) is 87.5 Å². The van der Waals surface area contributed by atoms with Crippen LogP contribution < -0.4 is 5.32 Å². The number of nitrogens with one attached hydrogen (secondary N) is 2. The van der Waals surface area contributed by atoms with Crippen LogP contribution in [-0.2, 0) is 22.0 Å². The van der Waals surface area contributed by atoms with E-state index in [9.17, 15) is 9.59 Å². The van der Waals surface area contributed by atoms with E-state index < -0.39 is 25.4 Å². The Labute approximate surface area is 277 Å². The minimum absolute atomic E-state index is 0.0655. The van der Waals surface area contributed by atoms with Crippen molar-refractivity contribution in [1.29, 1.82) is 0 Å². The molecule has 7 nitrogen and oxygen atoms in total. The molecule has 0 aliphatic carbocycles. The molecular formula is C38H55N3O4Si. The maximum atomic E-state index is 13.3. The highest BCUT2D eigenvalue weighted by molar-refractivity contribution is 6.74. The number of H-pyrrole nitrogens is 1. The zero-order valence-electron chi connectivity index (χ0n) is 29.6. The summed E-state index contributed by atoms with van der Waals surface area (Å²) >= 11 is 0. The number of ether oxygens (including phenoxy) is 1. The van der Waals surface area contributed by atoms with Crippen LogP contribution >= 0.6 is 0 Å². The van der Waals surface area contributed by atoms with Crippen LogP contribution in [0.1, 0.15) is 95.2 Å². The summed E-state index contributed by atoms with van der Waals surface area (Å²) in [5.74, 6) is 0.512. The number of hydrogen-bond acceptors (Lipinski definition) is 5. The molecule has 0 unspecified atom stereocenters. The molecule has 0 saturated carbocycles. The summed E-state index contributed by atoms with van der Waals surface area (Å²) in [5, 5.41) is 3.14. The van der Waals surface area contributed by atoms with Gasteiger partial charge in [-0.2, -0.15) is 0 Å². The first-order valence-corrected chi connectivity index (χ1v) is 19.2. The lowest BCUT2D eigenvalue weighted by molar-refractivity contribution is 0.0418. The normalized spacial score (nSPS) is 14.7. The summed E-state index contributed by atoms with van der Waals surface area (Å²) in [7, 11) is -2.34. The molecule has 8 heteroatoms. The first kappa shape index (κ1) is 37.0. The summed E-state index contributed by atoms with van der Waals surface area (Å²) in [6.45, 7) is 24.3. The number of hydrogen-bond donors (Lipinski definition) is 2. The molecule has 0 radical (unpaired) electrons. The maximum absolute atomic E-state index is 13.3. The van der Waals surface area contributed by atoms with Crippen molar-refractivity contribution in [1.82, 2.24) is 15.3 Å². The molecule has 250 valence electrons. The number of aromatic nitrogens is 2. The van der Waals surface area contributed by atoms with Gasteiger partial charge in [0.1, 0.15) is 17.1 Å². The molecule has 3 atom stereocenters. The molecule has 2 aromatic carbocycles. The smallest absolute Gasteiger partial charge is 0.407 e. The highest BCUT2D eigenvalue weighted by atomic mass is 28.4. The molecule has 1 amide bonds. The highest BCUT2D eigenvalue weighted by Gasteiger charge is 2.42. The molecule has 0 spiro atoms. The van der Waals surface area contributed by atoms with Crippen LogP contribution in [0.15, 0.2) is 79.5 Å². The summed E-state index contributed by atoms with van der Waals surface area (Å²) in [6.07, 6.45) is 4.23. The third-order valence-corrected chi connectivity index (χ3v) is 13.4. The lowest BCUT2D eigenvalue weighted by atomic mass is 9.87. The largest absolute Gasteiger partial charge is 0.444 e. The Hall–Kier alpha value is -3.49. The van der Waals surface area contributed by atoms with E-state index in [1.54, 1.807) is 12.3 Å². The van der Waals surface area contributed by atoms with Crippen LogP contribution in [0, 0.1) is 5.41 Å². The van der Waals surface area contributed by atoms with Crippen LogP contribution in [0.5, 0.6) is 0 Å².